The van der Waals surface area contributed by atoms with Crippen LogP contribution in [0.4, 0.5) is 5.69 Å². The number of piperazine rings is 1. The molecule has 0 aromatic heterocycles. The number of anilines is 1. The second-order valence-electron chi connectivity index (χ2n) is 4.25. The van der Waals surface area contributed by atoms with Crippen molar-refractivity contribution in [3.05, 3.63) is 29.8 Å². The van der Waals surface area contributed by atoms with E-state index in [9.17, 15) is 9.59 Å². The highest BCUT2D eigenvalue weighted by Crippen LogP contribution is 2.22. The lowest BCUT2D eigenvalue weighted by Gasteiger charge is -2.30. The largest absolute Gasteiger partial charge is 0.360 e. The molecule has 2 rings (SSSR count). The van der Waals surface area contributed by atoms with Crippen LogP contribution < -0.4 is 16.0 Å². The van der Waals surface area contributed by atoms with Crippen molar-refractivity contribution in [2.45, 2.75) is 6.42 Å². The van der Waals surface area contributed by atoms with Gasteiger partial charge in [0.05, 0.1) is 6.54 Å². The van der Waals surface area contributed by atoms with E-state index < -0.39 is 0 Å². The molecule has 0 unspecified atom stereocenters. The summed E-state index contributed by atoms with van der Waals surface area (Å²) in [7, 11) is 0. The molecule has 1 aliphatic rings. The molecule has 1 aromatic carbocycles. The number of nitrogens with one attached hydrogen (secondary N) is 1. The van der Waals surface area contributed by atoms with Crippen LogP contribution >= 0.6 is 0 Å². The monoisotopic (exact) mass is 247 g/mol. The SMILES string of the molecule is NCCC(=O)c1ccccc1N1CCNC(=O)C1. The summed E-state index contributed by atoms with van der Waals surface area (Å²) in [6, 6.07) is 7.38. The van der Waals surface area contributed by atoms with Crippen LogP contribution in [0.25, 0.3) is 0 Å². The van der Waals surface area contributed by atoms with Gasteiger partial charge in [-0.1, -0.05) is 12.1 Å². The van der Waals surface area contributed by atoms with Crippen molar-refractivity contribution < 1.29 is 9.59 Å². The standard InChI is InChI=1S/C13H17N3O2/c14-6-5-12(17)10-3-1-2-4-11(10)16-8-7-15-13(18)9-16/h1-4H,5-9,14H2,(H,15,18). The van der Waals surface area contributed by atoms with Crippen molar-refractivity contribution in [2.24, 2.45) is 5.73 Å². The highest BCUT2D eigenvalue weighted by Gasteiger charge is 2.20. The van der Waals surface area contributed by atoms with E-state index in [1.54, 1.807) is 6.07 Å². The van der Waals surface area contributed by atoms with E-state index in [1.807, 2.05) is 23.1 Å². The van der Waals surface area contributed by atoms with E-state index in [1.165, 1.54) is 0 Å². The normalized spacial score (nSPS) is 15.4. The molecule has 0 saturated carbocycles. The van der Waals surface area contributed by atoms with Crippen LogP contribution in [0.15, 0.2) is 24.3 Å². The van der Waals surface area contributed by atoms with Gasteiger partial charge in [0.25, 0.3) is 0 Å². The molecule has 0 atom stereocenters. The van der Waals surface area contributed by atoms with Gasteiger partial charge in [-0.3, -0.25) is 9.59 Å². The quantitative estimate of drug-likeness (QED) is 0.743. The average molecular weight is 247 g/mol. The summed E-state index contributed by atoms with van der Waals surface area (Å²) in [5.41, 5.74) is 6.89. The number of hydrogen-bond donors (Lipinski definition) is 2. The van der Waals surface area contributed by atoms with Crippen molar-refractivity contribution in [2.75, 3.05) is 31.1 Å². The van der Waals surface area contributed by atoms with E-state index in [0.29, 0.717) is 31.6 Å². The van der Waals surface area contributed by atoms with Gasteiger partial charge in [0.2, 0.25) is 5.91 Å². The van der Waals surface area contributed by atoms with Gasteiger partial charge < -0.3 is 16.0 Å². The molecule has 1 aliphatic heterocycles. The summed E-state index contributed by atoms with van der Waals surface area (Å²) in [4.78, 5) is 25.3. The predicted molar refractivity (Wildman–Crippen MR) is 69.7 cm³/mol. The van der Waals surface area contributed by atoms with Crippen LogP contribution in [0.1, 0.15) is 16.8 Å². The van der Waals surface area contributed by atoms with Crippen LogP contribution in [0, 0.1) is 0 Å². The molecule has 96 valence electrons. The lowest BCUT2D eigenvalue weighted by Crippen LogP contribution is -2.48. The lowest BCUT2D eigenvalue weighted by molar-refractivity contribution is -0.120. The molecule has 1 amide bonds. The third-order valence-electron chi connectivity index (χ3n) is 2.95. The van der Waals surface area contributed by atoms with Crippen molar-refractivity contribution in [3.8, 4) is 0 Å². The Morgan fingerprint density at radius 2 is 2.17 bits per heavy atom. The zero-order chi connectivity index (χ0) is 13.0. The zero-order valence-electron chi connectivity index (χ0n) is 10.2. The van der Waals surface area contributed by atoms with Gasteiger partial charge in [0, 0.05) is 30.8 Å². The molecule has 18 heavy (non-hydrogen) atoms. The minimum atomic E-state index is -0.0117. The van der Waals surface area contributed by atoms with Gasteiger partial charge in [-0.05, 0) is 18.7 Å². The topological polar surface area (TPSA) is 75.4 Å². The zero-order valence-corrected chi connectivity index (χ0v) is 10.2. The van der Waals surface area contributed by atoms with E-state index in [4.69, 9.17) is 5.73 Å². The number of para-hydroxylation sites is 1. The Labute approximate surface area is 106 Å². The molecule has 1 heterocycles. The summed E-state index contributed by atoms with van der Waals surface area (Å²) in [5.74, 6) is 0.0152. The first kappa shape index (κ1) is 12.6. The Morgan fingerprint density at radius 1 is 1.39 bits per heavy atom. The summed E-state index contributed by atoms with van der Waals surface area (Å²) in [6.07, 6.45) is 0.330. The number of amides is 1. The molecule has 0 spiro atoms. The summed E-state index contributed by atoms with van der Waals surface area (Å²) >= 11 is 0. The van der Waals surface area contributed by atoms with Crippen LogP contribution in [-0.2, 0) is 4.79 Å². The molecule has 0 bridgehead atoms. The third kappa shape index (κ3) is 2.68. The maximum absolute atomic E-state index is 12.0. The molecule has 1 aromatic rings. The molecule has 0 aliphatic carbocycles. The molecular weight excluding hydrogens is 230 g/mol. The molecule has 3 N–H and O–H groups in total. The molecule has 5 heteroatoms. The van der Waals surface area contributed by atoms with Gasteiger partial charge in [-0.2, -0.15) is 0 Å². The molecule has 0 radical (unpaired) electrons. The first-order valence-corrected chi connectivity index (χ1v) is 6.06. The Balaban J connectivity index is 2.26. The number of nitrogens with zero attached hydrogens (tertiary/aromatic N) is 1. The Hall–Kier alpha value is -1.88. The first-order valence-electron chi connectivity index (χ1n) is 6.06. The van der Waals surface area contributed by atoms with Crippen LogP contribution in [-0.4, -0.2) is 37.9 Å². The van der Waals surface area contributed by atoms with Gasteiger partial charge in [-0.15, -0.1) is 0 Å². The number of benzene rings is 1. The van der Waals surface area contributed by atoms with E-state index >= 15 is 0 Å². The van der Waals surface area contributed by atoms with Gasteiger partial charge in [-0.25, -0.2) is 0 Å². The minimum Gasteiger partial charge on any atom is -0.360 e. The average Bonchev–Trinajstić information content (AvgIpc) is 2.39. The maximum Gasteiger partial charge on any atom is 0.239 e. The van der Waals surface area contributed by atoms with E-state index in [0.717, 1.165) is 12.2 Å². The molecule has 5 nitrogen and oxygen atoms in total. The third-order valence-corrected chi connectivity index (χ3v) is 2.95. The Kier molecular flexibility index (Phi) is 3.94. The second kappa shape index (κ2) is 5.64. The summed E-state index contributed by atoms with van der Waals surface area (Å²) < 4.78 is 0. The Bertz CT molecular complexity index is 459. The van der Waals surface area contributed by atoms with Gasteiger partial charge in [0.15, 0.2) is 5.78 Å². The minimum absolute atomic E-state index is 0.0117. The van der Waals surface area contributed by atoms with Crippen molar-refractivity contribution >= 4 is 17.4 Å². The van der Waals surface area contributed by atoms with Gasteiger partial charge >= 0.3 is 0 Å². The van der Waals surface area contributed by atoms with E-state index in [-0.39, 0.29) is 11.7 Å². The second-order valence-corrected chi connectivity index (χ2v) is 4.25. The number of carbonyl (C=O) groups excluding carboxylic acids is 2. The molecule has 1 fully saturated rings. The predicted octanol–water partition coefficient (Wildman–Crippen LogP) is 0.154. The maximum atomic E-state index is 12.0. The summed E-state index contributed by atoms with van der Waals surface area (Å²) in [5, 5.41) is 2.77. The highest BCUT2D eigenvalue weighted by atomic mass is 16.2. The molecule has 1 saturated heterocycles. The number of rotatable bonds is 4. The fraction of sp³-hybridized carbons (Fsp3) is 0.385. The van der Waals surface area contributed by atoms with Crippen molar-refractivity contribution in [1.82, 2.24) is 5.32 Å². The number of carbonyl (C=O) groups is 2. The van der Waals surface area contributed by atoms with Crippen LogP contribution in [0.3, 0.4) is 0 Å². The van der Waals surface area contributed by atoms with E-state index in [2.05, 4.69) is 5.32 Å². The lowest BCUT2D eigenvalue weighted by atomic mass is 10.0. The number of Topliss-reactive ketones (excluding diaryl/α,β-unsaturated/α-hetero) is 1. The smallest absolute Gasteiger partial charge is 0.239 e. The number of ketones is 1. The number of hydrogen-bond acceptors (Lipinski definition) is 4. The number of nitrogens with two attached hydrogens (primary N) is 1. The van der Waals surface area contributed by atoms with Gasteiger partial charge in [0.1, 0.15) is 0 Å². The fourth-order valence-corrected chi connectivity index (χ4v) is 2.10. The van der Waals surface area contributed by atoms with Crippen molar-refractivity contribution in [3.63, 3.8) is 0 Å². The highest BCUT2D eigenvalue weighted by molar-refractivity contribution is 6.02. The summed E-state index contributed by atoms with van der Waals surface area (Å²) in [6.45, 7) is 1.97. The fourth-order valence-electron chi connectivity index (χ4n) is 2.10. The Morgan fingerprint density at radius 3 is 2.89 bits per heavy atom. The molecular formula is C13H17N3O2. The van der Waals surface area contributed by atoms with Crippen LogP contribution in [0.5, 0.6) is 0 Å². The van der Waals surface area contributed by atoms with Crippen LogP contribution in [0.2, 0.25) is 0 Å². The van der Waals surface area contributed by atoms with Crippen molar-refractivity contribution in [1.29, 1.82) is 0 Å². The first-order chi connectivity index (χ1) is 8.72.